The Labute approximate surface area is 253 Å². The summed E-state index contributed by atoms with van der Waals surface area (Å²) in [7, 11) is 0. The molecule has 5 rings (SSSR count). The number of nitrogens with zero attached hydrogens (tertiary/aromatic N) is 5. The van der Waals surface area contributed by atoms with Crippen LogP contribution in [-0.4, -0.2) is 37.4 Å². The van der Waals surface area contributed by atoms with Gasteiger partial charge in [-0.25, -0.2) is 9.78 Å². The molecule has 0 fully saturated rings. The summed E-state index contributed by atoms with van der Waals surface area (Å²) < 4.78 is 7.36. The zero-order valence-electron chi connectivity index (χ0n) is 24.0. The van der Waals surface area contributed by atoms with Crippen LogP contribution in [0.15, 0.2) is 102 Å². The zero-order valence-corrected chi connectivity index (χ0v) is 24.0. The number of carboxylic acids is 1. The van der Waals surface area contributed by atoms with Crippen molar-refractivity contribution in [2.45, 2.75) is 32.9 Å². The fraction of sp³-hybridized carbons (Fsp3) is 0.152. The number of aromatic carboxylic acids is 1. The lowest BCUT2D eigenvalue weighted by Gasteiger charge is -2.24. The molecule has 0 radical (unpaired) electrons. The smallest absolute Gasteiger partial charge is 0.371 e. The molecule has 222 valence electrons. The minimum Gasteiger partial charge on any atom is -0.475 e. The van der Waals surface area contributed by atoms with Crippen LogP contribution < -0.4 is 10.6 Å². The minimum atomic E-state index is -1.12. The van der Waals surface area contributed by atoms with E-state index in [1.54, 1.807) is 66.0 Å². The number of nitriles is 1. The number of hydrogen-bond donors (Lipinski definition) is 2. The van der Waals surface area contributed by atoms with E-state index in [9.17, 15) is 14.4 Å². The summed E-state index contributed by atoms with van der Waals surface area (Å²) in [5, 5.41) is 18.1. The maximum Gasteiger partial charge on any atom is 0.371 e. The van der Waals surface area contributed by atoms with Crippen LogP contribution in [0.1, 0.15) is 57.6 Å². The summed E-state index contributed by atoms with van der Waals surface area (Å²) in [5.41, 5.74) is 9.16. The first-order chi connectivity index (χ1) is 21.3. The number of nitrogens with two attached hydrogens (primary N) is 1. The highest BCUT2D eigenvalue weighted by molar-refractivity contribution is 5.93. The molecule has 3 N–H and O–H groups in total. The van der Waals surface area contributed by atoms with E-state index in [1.165, 1.54) is 12.3 Å². The average molecular weight is 591 g/mol. The number of pyridine rings is 1. The molecule has 0 aliphatic heterocycles. The van der Waals surface area contributed by atoms with Crippen molar-refractivity contribution in [2.75, 3.05) is 4.90 Å². The second-order valence-corrected chi connectivity index (χ2v) is 9.65. The summed E-state index contributed by atoms with van der Waals surface area (Å²) in [4.78, 5) is 44.2. The maximum absolute atomic E-state index is 13.0. The molecule has 0 aliphatic carbocycles. The Hall–Kier alpha value is -6.02. The van der Waals surface area contributed by atoms with Gasteiger partial charge >= 0.3 is 5.97 Å². The van der Waals surface area contributed by atoms with Gasteiger partial charge in [0.25, 0.3) is 5.91 Å². The molecule has 3 aromatic heterocycles. The Morgan fingerprint density at radius 1 is 1.02 bits per heavy atom. The molecule has 0 saturated carbocycles. The number of carboxylic acid groups (broad SMARTS) is 1. The van der Waals surface area contributed by atoms with Gasteiger partial charge in [0, 0.05) is 36.6 Å². The van der Waals surface area contributed by atoms with Crippen LogP contribution in [-0.2, 0) is 17.9 Å². The summed E-state index contributed by atoms with van der Waals surface area (Å²) in [6.45, 7) is 2.88. The summed E-state index contributed by atoms with van der Waals surface area (Å²) >= 11 is 0. The molecule has 0 saturated heterocycles. The number of furan rings is 1. The van der Waals surface area contributed by atoms with Crippen molar-refractivity contribution in [1.82, 2.24) is 14.5 Å². The standard InChI is InChI=1S/C27H24N4O4.C6H6N2O/c1-2-3-26(32)31(22-10-8-21(9-11-22)24-12-13-25(35-24)27(33)34)17-23-15-29-18-30(23)16-20-6-4-19(14-28)5-7-20;7-6(9)5-3-1-2-4-8-5/h4-13,15,18H,2-3,16-17H2,1H3,(H,33,34);1-4H,(H2,7,9). The number of primary amides is 1. The first kappa shape index (κ1) is 30.9. The SMILES string of the molecule is CCCC(=O)N(Cc1cncn1Cc1ccc(C#N)cc1)c1ccc(-c2ccc(C(=O)O)o2)cc1.NC(=O)c1ccccn1. The van der Waals surface area contributed by atoms with Crippen molar-refractivity contribution < 1.29 is 23.9 Å². The highest BCUT2D eigenvalue weighted by atomic mass is 16.4. The molecule has 0 unspecified atom stereocenters. The number of amides is 2. The van der Waals surface area contributed by atoms with E-state index in [4.69, 9.17) is 20.5 Å². The van der Waals surface area contributed by atoms with Gasteiger partial charge in [-0.1, -0.05) is 25.1 Å². The lowest BCUT2D eigenvalue weighted by molar-refractivity contribution is -0.118. The van der Waals surface area contributed by atoms with Gasteiger partial charge in [-0.05, 0) is 72.6 Å². The van der Waals surface area contributed by atoms with E-state index in [1.807, 2.05) is 35.8 Å². The number of benzene rings is 2. The summed E-state index contributed by atoms with van der Waals surface area (Å²) in [5.74, 6) is -1.30. The van der Waals surface area contributed by atoms with Gasteiger partial charge in [-0.2, -0.15) is 5.26 Å². The fourth-order valence-corrected chi connectivity index (χ4v) is 4.26. The number of hydrogen-bond acceptors (Lipinski definition) is 7. The molecule has 5 aromatic rings. The van der Waals surface area contributed by atoms with Crippen molar-refractivity contribution in [2.24, 2.45) is 5.73 Å². The molecule has 44 heavy (non-hydrogen) atoms. The fourth-order valence-electron chi connectivity index (χ4n) is 4.26. The maximum atomic E-state index is 13.0. The minimum absolute atomic E-state index is 0.00228. The quantitative estimate of drug-likeness (QED) is 0.222. The third-order valence-corrected chi connectivity index (χ3v) is 6.52. The van der Waals surface area contributed by atoms with Crippen LogP contribution in [0.5, 0.6) is 0 Å². The largest absolute Gasteiger partial charge is 0.475 e. The van der Waals surface area contributed by atoms with E-state index in [0.29, 0.717) is 36.5 Å². The van der Waals surface area contributed by atoms with E-state index in [2.05, 4.69) is 16.0 Å². The lowest BCUT2D eigenvalue weighted by Crippen LogP contribution is -2.31. The Balaban J connectivity index is 0.000000421. The third-order valence-electron chi connectivity index (χ3n) is 6.52. The predicted octanol–water partition coefficient (Wildman–Crippen LogP) is 5.28. The average Bonchev–Trinajstić information content (AvgIpc) is 3.71. The molecule has 0 bridgehead atoms. The third kappa shape index (κ3) is 8.04. The number of aromatic nitrogens is 3. The van der Waals surface area contributed by atoms with E-state index in [0.717, 1.165) is 28.9 Å². The van der Waals surface area contributed by atoms with Gasteiger partial charge in [0.05, 0.1) is 30.2 Å². The Morgan fingerprint density at radius 3 is 2.34 bits per heavy atom. The van der Waals surface area contributed by atoms with E-state index in [-0.39, 0.29) is 11.7 Å². The Kier molecular flexibility index (Phi) is 10.4. The second kappa shape index (κ2) is 14.7. The molecule has 0 spiro atoms. The highest BCUT2D eigenvalue weighted by Gasteiger charge is 2.18. The lowest BCUT2D eigenvalue weighted by atomic mass is 10.1. The van der Waals surface area contributed by atoms with Crippen molar-refractivity contribution >= 4 is 23.5 Å². The van der Waals surface area contributed by atoms with Crippen molar-refractivity contribution in [3.8, 4) is 17.4 Å². The Bertz CT molecular complexity index is 1750. The topological polar surface area (TPSA) is 168 Å². The molecule has 0 atom stereocenters. The normalized spacial score (nSPS) is 10.3. The molecule has 2 amide bonds. The molecular weight excluding hydrogens is 560 g/mol. The van der Waals surface area contributed by atoms with Crippen LogP contribution in [0, 0.1) is 11.3 Å². The molecular formula is C33H30N6O5. The van der Waals surface area contributed by atoms with Crippen molar-refractivity contribution in [3.05, 3.63) is 126 Å². The first-order valence-corrected chi connectivity index (χ1v) is 13.7. The number of anilines is 1. The number of rotatable bonds is 10. The summed E-state index contributed by atoms with van der Waals surface area (Å²) in [6, 6.07) is 24.8. The van der Waals surface area contributed by atoms with E-state index >= 15 is 0 Å². The van der Waals surface area contributed by atoms with Crippen LogP contribution in [0.2, 0.25) is 0 Å². The molecule has 11 heteroatoms. The van der Waals surface area contributed by atoms with Crippen molar-refractivity contribution in [3.63, 3.8) is 0 Å². The summed E-state index contributed by atoms with van der Waals surface area (Å²) in [6.07, 6.45) is 6.14. The highest BCUT2D eigenvalue weighted by Crippen LogP contribution is 2.27. The van der Waals surface area contributed by atoms with Gasteiger partial charge in [0.15, 0.2) is 0 Å². The zero-order chi connectivity index (χ0) is 31.5. The van der Waals surface area contributed by atoms with Crippen LogP contribution >= 0.6 is 0 Å². The van der Waals surface area contributed by atoms with Gasteiger partial charge in [0.2, 0.25) is 11.7 Å². The molecule has 11 nitrogen and oxygen atoms in total. The van der Waals surface area contributed by atoms with Crippen molar-refractivity contribution in [1.29, 1.82) is 5.26 Å². The van der Waals surface area contributed by atoms with Gasteiger partial charge in [-0.15, -0.1) is 0 Å². The molecule has 3 heterocycles. The van der Waals surface area contributed by atoms with Gasteiger partial charge in [0.1, 0.15) is 11.5 Å². The van der Waals surface area contributed by atoms with E-state index < -0.39 is 11.9 Å². The number of carbonyl (C=O) groups is 3. The number of imidazole rings is 1. The van der Waals surface area contributed by atoms with Crippen LogP contribution in [0.25, 0.3) is 11.3 Å². The molecule has 0 aliphatic rings. The monoisotopic (exact) mass is 590 g/mol. The predicted molar refractivity (Wildman–Crippen MR) is 162 cm³/mol. The molecule has 2 aromatic carbocycles. The Morgan fingerprint density at radius 2 is 1.77 bits per heavy atom. The van der Waals surface area contributed by atoms with Gasteiger partial charge < -0.3 is 24.7 Å². The van der Waals surface area contributed by atoms with Crippen LogP contribution in [0.4, 0.5) is 5.69 Å². The van der Waals surface area contributed by atoms with Crippen LogP contribution in [0.3, 0.4) is 0 Å². The second-order valence-electron chi connectivity index (χ2n) is 9.65. The van der Waals surface area contributed by atoms with Gasteiger partial charge in [-0.3, -0.25) is 14.6 Å². The number of carbonyl (C=O) groups excluding carboxylic acids is 2. The first-order valence-electron chi connectivity index (χ1n) is 13.7.